The largest absolute Gasteiger partial charge is 0.481 e. The van der Waals surface area contributed by atoms with E-state index >= 15 is 0 Å². The Kier molecular flexibility index (Phi) is 13.1. The Bertz CT molecular complexity index is 1080. The fraction of sp³-hybridized carbons (Fsp3) is 0.571. The van der Waals surface area contributed by atoms with Crippen molar-refractivity contribution >= 4 is 5.97 Å². The summed E-state index contributed by atoms with van der Waals surface area (Å²) in [5, 5.41) is 9.56. The highest BCUT2D eigenvalue weighted by atomic mass is 16.5. The summed E-state index contributed by atoms with van der Waals surface area (Å²) in [7, 11) is 0. The first kappa shape index (κ1) is 31.7. The Morgan fingerprint density at radius 3 is 2.25 bits per heavy atom. The van der Waals surface area contributed by atoms with Crippen molar-refractivity contribution in [1.29, 1.82) is 0 Å². The minimum atomic E-state index is -0.871. The number of aromatic nitrogens is 2. The van der Waals surface area contributed by atoms with Gasteiger partial charge in [0.25, 0.3) is 0 Å². The number of nitrogens with zero attached hydrogens (tertiary/aromatic N) is 2. The summed E-state index contributed by atoms with van der Waals surface area (Å²) in [6.07, 6.45) is 25.5. The Hall–Kier alpha value is -2.79. The van der Waals surface area contributed by atoms with Gasteiger partial charge >= 0.3 is 5.97 Å². The third-order valence-corrected chi connectivity index (χ3v) is 8.15. The minimum Gasteiger partial charge on any atom is -0.481 e. The quantitative estimate of drug-likeness (QED) is 0.149. The van der Waals surface area contributed by atoms with E-state index in [0.29, 0.717) is 5.82 Å². The summed E-state index contributed by atoms with van der Waals surface area (Å²) >= 11 is 0. The molecule has 5 heteroatoms. The van der Waals surface area contributed by atoms with Gasteiger partial charge in [0.15, 0.2) is 5.82 Å². The van der Waals surface area contributed by atoms with Crippen LogP contribution in [0.1, 0.15) is 109 Å². The maximum atomic E-state index is 11.7. The highest BCUT2D eigenvalue weighted by Gasteiger charge is 2.35. The Labute approximate surface area is 242 Å². The maximum Gasteiger partial charge on any atom is 0.314 e. The number of rotatable bonds is 18. The molecule has 5 nitrogen and oxygen atoms in total. The first-order valence-corrected chi connectivity index (χ1v) is 15.6. The molecule has 3 rings (SSSR count). The molecule has 0 bridgehead atoms. The molecule has 2 aromatic rings. The van der Waals surface area contributed by atoms with Crippen molar-refractivity contribution < 1.29 is 14.6 Å². The smallest absolute Gasteiger partial charge is 0.314 e. The predicted octanol–water partition coefficient (Wildman–Crippen LogP) is 9.08. The minimum absolute atomic E-state index is 0.00840. The topological polar surface area (TPSA) is 72.3 Å². The molecule has 40 heavy (non-hydrogen) atoms. The third kappa shape index (κ3) is 9.40. The third-order valence-electron chi connectivity index (χ3n) is 8.15. The second-order valence-electron chi connectivity index (χ2n) is 11.6. The molecule has 0 spiro atoms. The average Bonchev–Trinajstić information content (AvgIpc) is 2.97. The number of hydrogen-bond donors (Lipinski definition) is 1. The van der Waals surface area contributed by atoms with E-state index in [1.165, 1.54) is 51.4 Å². The first-order chi connectivity index (χ1) is 19.4. The van der Waals surface area contributed by atoms with Crippen molar-refractivity contribution in [3.8, 4) is 11.4 Å². The molecule has 1 N–H and O–H groups in total. The zero-order valence-electron chi connectivity index (χ0n) is 25.1. The van der Waals surface area contributed by atoms with Gasteiger partial charge < -0.3 is 9.84 Å². The standard InChI is InChI=1S/C35H50N2O3/c1-5-7-8-12-17-28(4)40-35(23-21-30(22-24-35)34(38)39)32-20-15-14-19-31(32)33-36-25-29(26-37-33)18-13-10-9-11-16-27(3)6-2/h14-15,19-28,30H,5-13,16-18H2,1-4H3,(H,38,39)/t27-,28+,30?,35?/m0/s1. The number of unbranched alkanes of at least 4 members (excludes halogenated alkanes) is 6. The maximum absolute atomic E-state index is 11.7. The van der Waals surface area contributed by atoms with Crippen LogP contribution in [-0.4, -0.2) is 27.1 Å². The number of carboxylic acid groups (broad SMARTS) is 1. The molecule has 0 amide bonds. The van der Waals surface area contributed by atoms with Gasteiger partial charge in [-0.25, -0.2) is 9.97 Å². The number of carbonyl (C=O) groups is 1. The molecule has 1 heterocycles. The Balaban J connectivity index is 1.75. The number of ether oxygens (including phenoxy) is 1. The lowest BCUT2D eigenvalue weighted by Crippen LogP contribution is -2.33. The molecule has 1 aliphatic rings. The molecule has 1 aromatic heterocycles. The van der Waals surface area contributed by atoms with E-state index in [4.69, 9.17) is 14.7 Å². The lowest BCUT2D eigenvalue weighted by Gasteiger charge is -2.35. The SMILES string of the molecule is CCCCCC[C@@H](C)OC1(c2ccccc2-c2ncc(CCCCCC[C@@H](C)CC)cn2)C=CC(C(=O)O)C=C1. The van der Waals surface area contributed by atoms with E-state index in [1.807, 2.05) is 48.8 Å². The second-order valence-corrected chi connectivity index (χ2v) is 11.6. The summed E-state index contributed by atoms with van der Waals surface area (Å²) in [5.74, 6) is -0.0278. The molecular formula is C35H50N2O3. The van der Waals surface area contributed by atoms with Crippen LogP contribution >= 0.6 is 0 Å². The number of aliphatic carboxylic acids is 1. The molecule has 1 aromatic carbocycles. The van der Waals surface area contributed by atoms with Gasteiger partial charge in [-0.1, -0.05) is 115 Å². The summed E-state index contributed by atoms with van der Waals surface area (Å²) in [5.41, 5.74) is 2.13. The summed E-state index contributed by atoms with van der Waals surface area (Å²) < 4.78 is 6.74. The van der Waals surface area contributed by atoms with E-state index < -0.39 is 17.5 Å². The molecule has 0 radical (unpaired) electrons. The highest BCUT2D eigenvalue weighted by Crippen LogP contribution is 2.40. The van der Waals surface area contributed by atoms with E-state index in [0.717, 1.165) is 48.3 Å². The van der Waals surface area contributed by atoms with Crippen LogP contribution in [0.4, 0.5) is 0 Å². The molecule has 1 aliphatic carbocycles. The van der Waals surface area contributed by atoms with Crippen molar-refractivity contribution in [1.82, 2.24) is 9.97 Å². The molecule has 0 aliphatic heterocycles. The Morgan fingerprint density at radius 2 is 1.57 bits per heavy atom. The van der Waals surface area contributed by atoms with Crippen LogP contribution in [-0.2, 0) is 21.6 Å². The predicted molar refractivity (Wildman–Crippen MR) is 164 cm³/mol. The van der Waals surface area contributed by atoms with Gasteiger partial charge in [0, 0.05) is 23.5 Å². The first-order valence-electron chi connectivity index (χ1n) is 15.6. The van der Waals surface area contributed by atoms with Crippen LogP contribution in [0.5, 0.6) is 0 Å². The summed E-state index contributed by atoms with van der Waals surface area (Å²) in [4.78, 5) is 21.2. The Morgan fingerprint density at radius 1 is 0.925 bits per heavy atom. The number of aryl methyl sites for hydroxylation is 1. The van der Waals surface area contributed by atoms with Gasteiger partial charge in [0.2, 0.25) is 0 Å². The molecule has 218 valence electrons. The monoisotopic (exact) mass is 546 g/mol. The lowest BCUT2D eigenvalue weighted by molar-refractivity contribution is -0.138. The molecule has 0 unspecified atom stereocenters. The molecule has 2 atom stereocenters. The molecule has 0 saturated carbocycles. The highest BCUT2D eigenvalue weighted by molar-refractivity contribution is 5.75. The summed E-state index contributed by atoms with van der Waals surface area (Å²) in [6.45, 7) is 8.94. The second kappa shape index (κ2) is 16.5. The van der Waals surface area contributed by atoms with Crippen molar-refractivity contribution in [2.45, 2.75) is 116 Å². The van der Waals surface area contributed by atoms with Crippen LogP contribution in [0.15, 0.2) is 61.0 Å². The zero-order chi connectivity index (χ0) is 28.8. The summed E-state index contributed by atoms with van der Waals surface area (Å²) in [6, 6.07) is 8.07. The van der Waals surface area contributed by atoms with Gasteiger partial charge in [-0.15, -0.1) is 0 Å². The number of benzene rings is 1. The average molecular weight is 547 g/mol. The van der Waals surface area contributed by atoms with E-state index in [-0.39, 0.29) is 6.10 Å². The van der Waals surface area contributed by atoms with Crippen molar-refractivity contribution in [2.75, 3.05) is 0 Å². The van der Waals surface area contributed by atoms with E-state index in [2.05, 4.69) is 27.7 Å². The number of carboxylic acids is 1. The molecule has 0 saturated heterocycles. The van der Waals surface area contributed by atoms with Crippen LogP contribution in [0.3, 0.4) is 0 Å². The normalized spacial score (nSPS) is 19.9. The van der Waals surface area contributed by atoms with Gasteiger partial charge in [0.05, 0.1) is 12.0 Å². The van der Waals surface area contributed by atoms with Gasteiger partial charge in [-0.3, -0.25) is 4.79 Å². The number of hydrogen-bond acceptors (Lipinski definition) is 4. The fourth-order valence-corrected chi connectivity index (χ4v) is 5.37. The van der Waals surface area contributed by atoms with Crippen molar-refractivity contribution in [3.05, 3.63) is 72.1 Å². The van der Waals surface area contributed by atoms with Gasteiger partial charge in [0.1, 0.15) is 5.60 Å². The van der Waals surface area contributed by atoms with Gasteiger partial charge in [-0.05, 0) is 49.8 Å². The lowest BCUT2D eigenvalue weighted by atomic mass is 9.83. The van der Waals surface area contributed by atoms with Crippen LogP contribution in [0.25, 0.3) is 11.4 Å². The molecule has 0 fully saturated rings. The van der Waals surface area contributed by atoms with Crippen LogP contribution < -0.4 is 0 Å². The van der Waals surface area contributed by atoms with Crippen molar-refractivity contribution in [3.63, 3.8) is 0 Å². The molecular weight excluding hydrogens is 496 g/mol. The van der Waals surface area contributed by atoms with Crippen molar-refractivity contribution in [2.24, 2.45) is 11.8 Å². The van der Waals surface area contributed by atoms with Crippen LogP contribution in [0.2, 0.25) is 0 Å². The zero-order valence-corrected chi connectivity index (χ0v) is 25.1. The van der Waals surface area contributed by atoms with Crippen LogP contribution in [0, 0.1) is 11.8 Å². The van der Waals surface area contributed by atoms with E-state index in [1.54, 1.807) is 12.2 Å². The van der Waals surface area contributed by atoms with Gasteiger partial charge in [-0.2, -0.15) is 0 Å². The fourth-order valence-electron chi connectivity index (χ4n) is 5.37. The van der Waals surface area contributed by atoms with E-state index in [9.17, 15) is 9.90 Å².